The summed E-state index contributed by atoms with van der Waals surface area (Å²) in [5, 5.41) is 9.96. The van der Waals surface area contributed by atoms with E-state index >= 15 is 0 Å². The predicted molar refractivity (Wildman–Crippen MR) is 74.5 cm³/mol. The molecule has 3 nitrogen and oxygen atoms in total. The summed E-state index contributed by atoms with van der Waals surface area (Å²) in [5.74, 6) is 0.300. The molecular weight excluding hydrogens is 240 g/mol. The lowest BCUT2D eigenvalue weighted by Gasteiger charge is -2.42. The Kier molecular flexibility index (Phi) is 4.97. The lowest BCUT2D eigenvalue weighted by molar-refractivity contribution is -0.252. The van der Waals surface area contributed by atoms with Gasteiger partial charge in [0.25, 0.3) is 0 Å². The maximum Gasteiger partial charge on any atom is 0.159 e. The van der Waals surface area contributed by atoms with E-state index in [1.165, 1.54) is 0 Å². The second kappa shape index (κ2) is 6.51. The summed E-state index contributed by atoms with van der Waals surface area (Å²) in [4.78, 5) is 0. The van der Waals surface area contributed by atoms with Crippen LogP contribution in [0.5, 0.6) is 0 Å². The van der Waals surface area contributed by atoms with Gasteiger partial charge in [0.2, 0.25) is 0 Å². The van der Waals surface area contributed by atoms with E-state index < -0.39 is 6.29 Å². The van der Waals surface area contributed by atoms with E-state index in [4.69, 9.17) is 9.47 Å². The summed E-state index contributed by atoms with van der Waals surface area (Å²) in [6.07, 6.45) is 0.290. The molecule has 1 saturated heterocycles. The number of benzene rings is 1. The van der Waals surface area contributed by atoms with Gasteiger partial charge >= 0.3 is 0 Å². The smallest absolute Gasteiger partial charge is 0.159 e. The number of aliphatic hydroxyl groups is 1. The van der Waals surface area contributed by atoms with Crippen molar-refractivity contribution in [1.29, 1.82) is 0 Å². The van der Waals surface area contributed by atoms with Crippen LogP contribution in [0.2, 0.25) is 0 Å². The monoisotopic (exact) mass is 264 g/mol. The third kappa shape index (κ3) is 3.35. The van der Waals surface area contributed by atoms with Crippen LogP contribution in [0.25, 0.3) is 0 Å². The van der Waals surface area contributed by atoms with Crippen LogP contribution in [-0.4, -0.2) is 23.6 Å². The molecule has 5 atom stereocenters. The van der Waals surface area contributed by atoms with Gasteiger partial charge < -0.3 is 14.6 Å². The number of hydrogen-bond donors (Lipinski definition) is 1. The Hall–Kier alpha value is -0.900. The molecule has 1 aromatic rings. The number of ether oxygens (including phenoxy) is 2. The first-order valence-electron chi connectivity index (χ1n) is 7.12. The van der Waals surface area contributed by atoms with Crippen LogP contribution in [0.4, 0.5) is 0 Å². The summed E-state index contributed by atoms with van der Waals surface area (Å²) in [6.45, 7) is 6.80. The molecule has 0 aliphatic carbocycles. The highest BCUT2D eigenvalue weighted by atomic mass is 16.6. The van der Waals surface area contributed by atoms with Crippen LogP contribution in [0, 0.1) is 11.8 Å². The SMILES string of the molecule is CC[C@H]1OC(O)[C@H](C)[C@@H](OCc2ccccc2)[C@@H]1C. The third-order valence-electron chi connectivity index (χ3n) is 4.07. The van der Waals surface area contributed by atoms with Crippen molar-refractivity contribution in [3.63, 3.8) is 0 Å². The summed E-state index contributed by atoms with van der Waals surface area (Å²) >= 11 is 0. The lowest BCUT2D eigenvalue weighted by Crippen LogP contribution is -2.49. The van der Waals surface area contributed by atoms with Crippen molar-refractivity contribution in [2.75, 3.05) is 0 Å². The van der Waals surface area contributed by atoms with E-state index in [9.17, 15) is 5.11 Å². The van der Waals surface area contributed by atoms with Crippen LogP contribution in [-0.2, 0) is 16.1 Å². The second-order valence-electron chi connectivity index (χ2n) is 5.45. The van der Waals surface area contributed by atoms with Crippen LogP contribution in [0.1, 0.15) is 32.8 Å². The van der Waals surface area contributed by atoms with Gasteiger partial charge in [-0.05, 0) is 12.0 Å². The Labute approximate surface area is 115 Å². The number of rotatable bonds is 4. The van der Waals surface area contributed by atoms with Crippen molar-refractivity contribution in [3.8, 4) is 0 Å². The summed E-state index contributed by atoms with van der Waals surface area (Å²) in [6, 6.07) is 10.1. The first-order valence-corrected chi connectivity index (χ1v) is 7.12. The van der Waals surface area contributed by atoms with E-state index in [-0.39, 0.29) is 18.1 Å². The molecule has 0 aromatic heterocycles. The fourth-order valence-corrected chi connectivity index (χ4v) is 2.82. The Morgan fingerprint density at radius 1 is 1.16 bits per heavy atom. The van der Waals surface area contributed by atoms with E-state index in [0.717, 1.165) is 12.0 Å². The van der Waals surface area contributed by atoms with Gasteiger partial charge in [-0.2, -0.15) is 0 Å². The Morgan fingerprint density at radius 3 is 2.47 bits per heavy atom. The van der Waals surface area contributed by atoms with Gasteiger partial charge in [-0.1, -0.05) is 51.1 Å². The minimum atomic E-state index is -0.720. The number of hydrogen-bond acceptors (Lipinski definition) is 3. The quantitative estimate of drug-likeness (QED) is 0.908. The summed E-state index contributed by atoms with van der Waals surface area (Å²) < 4.78 is 11.7. The number of aliphatic hydroxyl groups excluding tert-OH is 1. The molecule has 0 spiro atoms. The molecule has 1 unspecified atom stereocenters. The molecule has 1 aromatic carbocycles. The average Bonchev–Trinajstić information content (AvgIpc) is 2.44. The Balaban J connectivity index is 2.00. The molecule has 2 rings (SSSR count). The molecule has 1 aliphatic rings. The van der Waals surface area contributed by atoms with Crippen molar-refractivity contribution in [3.05, 3.63) is 35.9 Å². The molecule has 0 amide bonds. The van der Waals surface area contributed by atoms with E-state index in [2.05, 4.69) is 26.0 Å². The highest BCUT2D eigenvalue weighted by Crippen LogP contribution is 2.33. The topological polar surface area (TPSA) is 38.7 Å². The molecule has 0 radical (unpaired) electrons. The zero-order chi connectivity index (χ0) is 13.8. The molecule has 0 saturated carbocycles. The highest BCUT2D eigenvalue weighted by Gasteiger charge is 2.40. The minimum Gasteiger partial charge on any atom is -0.373 e. The van der Waals surface area contributed by atoms with Crippen LogP contribution in [0.15, 0.2) is 30.3 Å². The van der Waals surface area contributed by atoms with Crippen LogP contribution < -0.4 is 0 Å². The first kappa shape index (κ1) is 14.5. The summed E-state index contributed by atoms with van der Waals surface area (Å²) in [5.41, 5.74) is 1.16. The lowest BCUT2D eigenvalue weighted by atomic mass is 9.84. The molecule has 1 N–H and O–H groups in total. The van der Waals surface area contributed by atoms with Gasteiger partial charge in [-0.25, -0.2) is 0 Å². The van der Waals surface area contributed by atoms with Crippen LogP contribution in [0.3, 0.4) is 0 Å². The molecule has 106 valence electrons. The van der Waals surface area contributed by atoms with Gasteiger partial charge in [0.05, 0.1) is 18.8 Å². The maximum absolute atomic E-state index is 9.96. The predicted octanol–water partition coefficient (Wildman–Crippen LogP) is 2.97. The zero-order valence-corrected chi connectivity index (χ0v) is 12.0. The third-order valence-corrected chi connectivity index (χ3v) is 4.07. The second-order valence-corrected chi connectivity index (χ2v) is 5.45. The fourth-order valence-electron chi connectivity index (χ4n) is 2.82. The van der Waals surface area contributed by atoms with Crippen molar-refractivity contribution in [2.45, 2.75) is 52.3 Å². The first-order chi connectivity index (χ1) is 9.13. The minimum absolute atomic E-state index is 0.00140. The van der Waals surface area contributed by atoms with Crippen molar-refractivity contribution in [2.24, 2.45) is 11.8 Å². The molecule has 0 bridgehead atoms. The van der Waals surface area contributed by atoms with Gasteiger partial charge in [-0.15, -0.1) is 0 Å². The molecule has 1 aliphatic heterocycles. The van der Waals surface area contributed by atoms with Gasteiger partial charge in [0.15, 0.2) is 6.29 Å². The van der Waals surface area contributed by atoms with E-state index in [1.807, 2.05) is 25.1 Å². The molecule has 19 heavy (non-hydrogen) atoms. The maximum atomic E-state index is 9.96. The average molecular weight is 264 g/mol. The Bertz CT molecular complexity index is 379. The fraction of sp³-hybridized carbons (Fsp3) is 0.625. The van der Waals surface area contributed by atoms with Gasteiger partial charge in [-0.3, -0.25) is 0 Å². The molecule has 3 heteroatoms. The highest BCUT2D eigenvalue weighted by molar-refractivity contribution is 5.13. The Morgan fingerprint density at radius 2 is 1.84 bits per heavy atom. The summed E-state index contributed by atoms with van der Waals surface area (Å²) in [7, 11) is 0. The van der Waals surface area contributed by atoms with E-state index in [0.29, 0.717) is 12.5 Å². The molecule has 1 fully saturated rings. The van der Waals surface area contributed by atoms with Crippen molar-refractivity contribution < 1.29 is 14.6 Å². The van der Waals surface area contributed by atoms with Crippen molar-refractivity contribution >= 4 is 0 Å². The van der Waals surface area contributed by atoms with E-state index in [1.54, 1.807) is 0 Å². The zero-order valence-electron chi connectivity index (χ0n) is 12.0. The van der Waals surface area contributed by atoms with Crippen molar-refractivity contribution in [1.82, 2.24) is 0 Å². The van der Waals surface area contributed by atoms with Crippen LogP contribution >= 0.6 is 0 Å². The van der Waals surface area contributed by atoms with Gasteiger partial charge in [0, 0.05) is 11.8 Å². The normalized spacial score (nSPS) is 35.3. The molecular formula is C16H24O3. The standard InChI is InChI=1S/C16H24O3/c1-4-14-11(2)15(12(3)16(17)19-14)18-10-13-8-6-5-7-9-13/h5-9,11-12,14-17H,4,10H2,1-3H3/t11-,12-,14-,15+,16?/m1/s1. The largest absolute Gasteiger partial charge is 0.373 e. The molecule has 1 heterocycles. The van der Waals surface area contributed by atoms with Gasteiger partial charge in [0.1, 0.15) is 0 Å².